The highest BCUT2D eigenvalue weighted by atomic mass is 32.1. The molecule has 0 aromatic heterocycles. The average molecular weight is 154 g/mol. The molecule has 10 heavy (non-hydrogen) atoms. The molecule has 0 spiro atoms. The van der Waals surface area contributed by atoms with Gasteiger partial charge in [-0.1, -0.05) is 30.3 Å². The van der Waals surface area contributed by atoms with Crippen molar-refractivity contribution in [3.05, 3.63) is 30.3 Å². The molecule has 1 aromatic carbocycles. The van der Waals surface area contributed by atoms with E-state index in [0.717, 1.165) is 0 Å². The molecule has 0 aliphatic carbocycles. The molecule has 0 aliphatic heterocycles. The van der Waals surface area contributed by atoms with Gasteiger partial charge in [-0.15, -0.1) is 0 Å². The second-order valence-electron chi connectivity index (χ2n) is 1.87. The number of benzene rings is 1. The van der Waals surface area contributed by atoms with Gasteiger partial charge in [-0.05, 0) is 18.4 Å². The first-order valence-electron chi connectivity index (χ1n) is 2.88. The van der Waals surface area contributed by atoms with Crippen LogP contribution in [0.4, 0.5) is 0 Å². The molecule has 0 atom stereocenters. The van der Waals surface area contributed by atoms with Gasteiger partial charge in [0.1, 0.15) is 0 Å². The van der Waals surface area contributed by atoms with E-state index < -0.39 is 7.12 Å². The lowest BCUT2D eigenvalue weighted by Gasteiger charge is -1.99. The second-order valence-corrected chi connectivity index (χ2v) is 2.08. The topological polar surface area (TPSA) is 29.5 Å². The Morgan fingerprint density at radius 2 is 1.90 bits per heavy atom. The molecule has 0 unspecified atom stereocenters. The van der Waals surface area contributed by atoms with E-state index in [-0.39, 0.29) is 0 Å². The van der Waals surface area contributed by atoms with Crippen LogP contribution in [0.2, 0.25) is 0 Å². The van der Waals surface area contributed by atoms with Gasteiger partial charge in [-0.25, -0.2) is 0 Å². The summed E-state index contributed by atoms with van der Waals surface area (Å²) in [7, 11) is -0.926. The molecule has 52 valence electrons. The quantitative estimate of drug-likeness (QED) is 0.363. The van der Waals surface area contributed by atoms with Crippen molar-refractivity contribution in [2.24, 2.45) is 0 Å². The van der Waals surface area contributed by atoms with Gasteiger partial charge in [-0.3, -0.25) is 0 Å². The van der Waals surface area contributed by atoms with Gasteiger partial charge in [-0.2, -0.15) is 0 Å². The Labute approximate surface area is 65.6 Å². The van der Waals surface area contributed by atoms with Crippen LogP contribution < -0.4 is 5.46 Å². The first kappa shape index (κ1) is 7.66. The molecule has 1 rings (SSSR count). The molecule has 0 saturated carbocycles. The van der Waals surface area contributed by atoms with E-state index in [2.05, 4.69) is 17.0 Å². The van der Waals surface area contributed by atoms with Crippen molar-refractivity contribution in [1.29, 1.82) is 0 Å². The third-order valence-electron chi connectivity index (χ3n) is 1.18. The third kappa shape index (κ3) is 1.77. The van der Waals surface area contributed by atoms with Crippen LogP contribution in [0.1, 0.15) is 0 Å². The zero-order valence-corrected chi connectivity index (χ0v) is 6.16. The van der Waals surface area contributed by atoms with Crippen molar-refractivity contribution >= 4 is 25.5 Å². The maximum atomic E-state index is 9.03. The van der Waals surface area contributed by atoms with E-state index in [1.807, 2.05) is 18.2 Å². The highest BCUT2D eigenvalue weighted by Crippen LogP contribution is 1.88. The highest BCUT2D eigenvalue weighted by molar-refractivity contribution is 7.76. The summed E-state index contributed by atoms with van der Waals surface area (Å²) in [5, 5.41) is 9.03. The Balaban J connectivity index is 2.75. The van der Waals surface area contributed by atoms with Gasteiger partial charge in [0.25, 0.3) is 0 Å². The molecular weight excluding hydrogens is 147 g/mol. The lowest BCUT2D eigenvalue weighted by atomic mass is 9.81. The molecular formula is C6H7BO2S. The SMILES string of the molecule is OB(OS)c1ccccc1. The smallest absolute Gasteiger partial charge is 0.423 e. The molecule has 0 heterocycles. The summed E-state index contributed by atoms with van der Waals surface area (Å²) >= 11 is 3.48. The summed E-state index contributed by atoms with van der Waals surface area (Å²) in [4.78, 5) is 0. The Kier molecular flexibility index (Phi) is 2.80. The fourth-order valence-electron chi connectivity index (χ4n) is 0.679. The first-order chi connectivity index (χ1) is 4.84. The summed E-state index contributed by atoms with van der Waals surface area (Å²) in [5.74, 6) is 0. The third-order valence-corrected chi connectivity index (χ3v) is 1.38. The second kappa shape index (κ2) is 3.66. The molecule has 1 N–H and O–H groups in total. The van der Waals surface area contributed by atoms with Gasteiger partial charge in [0, 0.05) is 0 Å². The monoisotopic (exact) mass is 154 g/mol. The number of thiol groups is 1. The van der Waals surface area contributed by atoms with Gasteiger partial charge in [0.2, 0.25) is 0 Å². The minimum atomic E-state index is -0.926. The van der Waals surface area contributed by atoms with Crippen LogP contribution in [-0.2, 0) is 4.10 Å². The van der Waals surface area contributed by atoms with E-state index in [9.17, 15) is 0 Å². The van der Waals surface area contributed by atoms with E-state index in [4.69, 9.17) is 5.02 Å². The summed E-state index contributed by atoms with van der Waals surface area (Å²) in [6, 6.07) is 9.05. The van der Waals surface area contributed by atoms with Gasteiger partial charge in [0.15, 0.2) is 0 Å². The van der Waals surface area contributed by atoms with E-state index >= 15 is 0 Å². The predicted octanol–water partition coefficient (Wildman–Crippen LogP) is 0.235. The average Bonchev–Trinajstić information content (AvgIpc) is 2.05. The molecule has 4 heteroatoms. The van der Waals surface area contributed by atoms with Crippen molar-refractivity contribution in [2.45, 2.75) is 0 Å². The van der Waals surface area contributed by atoms with Crippen LogP contribution >= 0.6 is 12.9 Å². The molecule has 0 saturated heterocycles. The first-order valence-corrected chi connectivity index (χ1v) is 3.24. The minimum Gasteiger partial charge on any atom is -0.423 e. The Morgan fingerprint density at radius 1 is 1.30 bits per heavy atom. The maximum absolute atomic E-state index is 9.03. The largest absolute Gasteiger partial charge is 0.502 e. The van der Waals surface area contributed by atoms with Crippen LogP contribution in [0.25, 0.3) is 0 Å². The Morgan fingerprint density at radius 3 is 2.40 bits per heavy atom. The molecule has 0 amide bonds. The molecule has 1 aromatic rings. The molecule has 0 bridgehead atoms. The van der Waals surface area contributed by atoms with Crippen LogP contribution in [0.15, 0.2) is 30.3 Å². The van der Waals surface area contributed by atoms with E-state index in [1.54, 1.807) is 12.1 Å². The minimum absolute atomic E-state index is 0.706. The number of hydrogen-bond donors (Lipinski definition) is 2. The summed E-state index contributed by atoms with van der Waals surface area (Å²) < 4.78 is 4.39. The number of hydrogen-bond acceptors (Lipinski definition) is 3. The van der Waals surface area contributed by atoms with Gasteiger partial charge >= 0.3 is 7.12 Å². The van der Waals surface area contributed by atoms with Crippen molar-refractivity contribution < 1.29 is 9.12 Å². The lowest BCUT2D eigenvalue weighted by Crippen LogP contribution is -2.30. The fraction of sp³-hybridized carbons (Fsp3) is 0. The molecule has 0 aliphatic rings. The predicted molar refractivity (Wildman–Crippen MR) is 44.1 cm³/mol. The van der Waals surface area contributed by atoms with Crippen molar-refractivity contribution in [3.8, 4) is 0 Å². The van der Waals surface area contributed by atoms with E-state index in [1.165, 1.54) is 0 Å². The van der Waals surface area contributed by atoms with Crippen LogP contribution in [-0.4, -0.2) is 12.1 Å². The zero-order chi connectivity index (χ0) is 7.40. The summed E-state index contributed by atoms with van der Waals surface area (Å²) in [6.07, 6.45) is 0. The van der Waals surface area contributed by atoms with Crippen LogP contribution in [0.5, 0.6) is 0 Å². The normalized spacial score (nSPS) is 9.40. The standard InChI is InChI=1S/C6H7BO2S/c8-7(9-10)6-4-2-1-3-5-6/h1-5,8,10H. The van der Waals surface area contributed by atoms with Crippen LogP contribution in [0.3, 0.4) is 0 Å². The Bertz CT molecular complexity index is 192. The van der Waals surface area contributed by atoms with Gasteiger partial charge < -0.3 is 9.12 Å². The molecule has 0 radical (unpaired) electrons. The van der Waals surface area contributed by atoms with Crippen LogP contribution in [0, 0.1) is 0 Å². The van der Waals surface area contributed by atoms with Gasteiger partial charge in [0.05, 0.1) is 0 Å². The Hall–Kier alpha value is -0.445. The summed E-state index contributed by atoms with van der Waals surface area (Å²) in [5.41, 5.74) is 0.706. The van der Waals surface area contributed by atoms with Crippen molar-refractivity contribution in [3.63, 3.8) is 0 Å². The lowest BCUT2D eigenvalue weighted by molar-refractivity contribution is 0.473. The van der Waals surface area contributed by atoms with Crippen molar-refractivity contribution in [1.82, 2.24) is 0 Å². The highest BCUT2D eigenvalue weighted by Gasteiger charge is 2.12. The van der Waals surface area contributed by atoms with Crippen molar-refractivity contribution in [2.75, 3.05) is 0 Å². The molecule has 0 fully saturated rings. The molecule has 2 nitrogen and oxygen atoms in total. The maximum Gasteiger partial charge on any atom is 0.502 e. The zero-order valence-electron chi connectivity index (χ0n) is 5.27. The number of rotatable bonds is 2. The summed E-state index contributed by atoms with van der Waals surface area (Å²) in [6.45, 7) is 0. The fourth-order valence-corrected chi connectivity index (χ4v) is 0.800. The van der Waals surface area contributed by atoms with E-state index in [0.29, 0.717) is 5.46 Å².